The van der Waals surface area contributed by atoms with Crippen molar-refractivity contribution >= 4 is 35.8 Å². The van der Waals surface area contributed by atoms with Crippen molar-refractivity contribution in [3.63, 3.8) is 0 Å². The van der Waals surface area contributed by atoms with Crippen LogP contribution >= 0.6 is 24.0 Å². The third-order valence-electron chi connectivity index (χ3n) is 4.77. The normalized spacial score (nSPS) is 19.6. The molecule has 0 spiro atoms. The summed E-state index contributed by atoms with van der Waals surface area (Å²) < 4.78 is 0. The van der Waals surface area contributed by atoms with Gasteiger partial charge in [0, 0.05) is 32.6 Å². The van der Waals surface area contributed by atoms with Gasteiger partial charge in [0.1, 0.15) is 0 Å². The van der Waals surface area contributed by atoms with Gasteiger partial charge < -0.3 is 16.0 Å². The Morgan fingerprint density at radius 2 is 1.83 bits per heavy atom. The van der Waals surface area contributed by atoms with Gasteiger partial charge in [-0.3, -0.25) is 9.79 Å². The Kier molecular flexibility index (Phi) is 8.64. The molecule has 3 N–H and O–H groups in total. The molecule has 0 aromatic heterocycles. The van der Waals surface area contributed by atoms with E-state index in [2.05, 4.69) is 34.8 Å². The molecule has 23 heavy (non-hydrogen) atoms. The summed E-state index contributed by atoms with van der Waals surface area (Å²) in [5.74, 6) is 2.08. The fourth-order valence-electron chi connectivity index (χ4n) is 3.34. The van der Waals surface area contributed by atoms with Crippen LogP contribution in [0.15, 0.2) is 4.99 Å². The maximum Gasteiger partial charge on any atom is 0.223 e. The summed E-state index contributed by atoms with van der Waals surface area (Å²) in [7, 11) is 1.80. The minimum Gasteiger partial charge on any atom is -0.356 e. The van der Waals surface area contributed by atoms with Crippen LogP contribution in [-0.2, 0) is 4.79 Å². The zero-order valence-corrected chi connectivity index (χ0v) is 17.1. The van der Waals surface area contributed by atoms with E-state index in [0.29, 0.717) is 12.0 Å². The lowest BCUT2D eigenvalue weighted by atomic mass is 9.64. The first-order valence-corrected chi connectivity index (χ1v) is 8.77. The van der Waals surface area contributed by atoms with Crippen molar-refractivity contribution in [1.82, 2.24) is 16.0 Å². The highest BCUT2D eigenvalue weighted by Gasteiger charge is 2.37. The van der Waals surface area contributed by atoms with Crippen LogP contribution in [0, 0.1) is 17.3 Å². The Labute approximate surface area is 157 Å². The Balaban J connectivity index is 0.00000264. The number of nitrogens with one attached hydrogen (secondary N) is 3. The smallest absolute Gasteiger partial charge is 0.223 e. The number of rotatable bonds is 8. The quantitative estimate of drug-likeness (QED) is 0.237. The summed E-state index contributed by atoms with van der Waals surface area (Å²) in [6, 6.07) is 0. The number of guanidine groups is 1. The third kappa shape index (κ3) is 6.85. The molecule has 0 aliphatic heterocycles. The number of carbonyl (C=O) groups is 1. The first kappa shape index (κ1) is 20.5. The largest absolute Gasteiger partial charge is 0.356 e. The van der Waals surface area contributed by atoms with Crippen molar-refractivity contribution in [1.29, 1.82) is 0 Å². The second kappa shape index (κ2) is 9.69. The van der Waals surface area contributed by atoms with E-state index in [1.54, 1.807) is 7.05 Å². The Morgan fingerprint density at radius 3 is 2.30 bits per heavy atom. The number of nitrogens with zero attached hydrogens (tertiary/aromatic N) is 1. The van der Waals surface area contributed by atoms with Gasteiger partial charge in [0.15, 0.2) is 5.96 Å². The maximum atomic E-state index is 11.5. The summed E-state index contributed by atoms with van der Waals surface area (Å²) >= 11 is 0. The molecule has 2 saturated carbocycles. The zero-order valence-electron chi connectivity index (χ0n) is 14.8. The van der Waals surface area contributed by atoms with Crippen molar-refractivity contribution < 1.29 is 4.79 Å². The summed E-state index contributed by atoms with van der Waals surface area (Å²) in [5.41, 5.74) is 0.464. The average Bonchev–Trinajstić information content (AvgIpc) is 3.27. The Bertz CT molecular complexity index is 403. The van der Waals surface area contributed by atoms with E-state index in [4.69, 9.17) is 0 Å². The maximum absolute atomic E-state index is 11.5. The van der Waals surface area contributed by atoms with Gasteiger partial charge in [-0.15, -0.1) is 24.0 Å². The van der Waals surface area contributed by atoms with Gasteiger partial charge in [0.05, 0.1) is 0 Å². The van der Waals surface area contributed by atoms with E-state index in [1.165, 1.54) is 25.7 Å². The minimum atomic E-state index is 0. The van der Waals surface area contributed by atoms with Crippen molar-refractivity contribution in [3.8, 4) is 0 Å². The molecule has 2 fully saturated rings. The first-order valence-electron chi connectivity index (χ1n) is 8.77. The number of hydrogen-bond acceptors (Lipinski definition) is 2. The minimum absolute atomic E-state index is 0. The number of amides is 1. The lowest BCUT2D eigenvalue weighted by Crippen LogP contribution is -2.48. The van der Waals surface area contributed by atoms with Crippen molar-refractivity contribution in [2.75, 3.05) is 26.7 Å². The van der Waals surface area contributed by atoms with Crippen molar-refractivity contribution in [2.45, 2.75) is 52.4 Å². The molecule has 134 valence electrons. The predicted octanol–water partition coefficient (Wildman–Crippen LogP) is 2.51. The monoisotopic (exact) mass is 436 g/mol. The molecule has 0 heterocycles. The van der Waals surface area contributed by atoms with Crippen LogP contribution < -0.4 is 16.0 Å². The molecule has 5 nitrogen and oxygen atoms in total. The number of carbonyl (C=O) groups excluding carboxylic acids is 1. The lowest BCUT2D eigenvalue weighted by Gasteiger charge is -2.43. The Hall–Kier alpha value is -0.530. The lowest BCUT2D eigenvalue weighted by molar-refractivity contribution is -0.122. The van der Waals surface area contributed by atoms with Crippen molar-refractivity contribution in [3.05, 3.63) is 0 Å². The SMILES string of the molecule is CN=C(NCCNC(=O)C1CC1)NCC1(CC(C)C)CCC1.I. The highest BCUT2D eigenvalue weighted by atomic mass is 127. The molecule has 2 aliphatic carbocycles. The predicted molar refractivity (Wildman–Crippen MR) is 106 cm³/mol. The van der Waals surface area contributed by atoms with E-state index < -0.39 is 0 Å². The fourth-order valence-corrected chi connectivity index (χ4v) is 3.34. The number of aliphatic imine (C=N–C) groups is 1. The molecular formula is C17H33IN4O. The topological polar surface area (TPSA) is 65.5 Å². The van der Waals surface area contributed by atoms with E-state index in [0.717, 1.165) is 37.8 Å². The van der Waals surface area contributed by atoms with Crippen LogP contribution in [0.25, 0.3) is 0 Å². The van der Waals surface area contributed by atoms with Crippen molar-refractivity contribution in [2.24, 2.45) is 22.2 Å². The molecular weight excluding hydrogens is 403 g/mol. The van der Waals surface area contributed by atoms with E-state index in [-0.39, 0.29) is 35.8 Å². The van der Waals surface area contributed by atoms with Gasteiger partial charge >= 0.3 is 0 Å². The van der Waals surface area contributed by atoms with E-state index >= 15 is 0 Å². The highest BCUT2D eigenvalue weighted by Crippen LogP contribution is 2.45. The first-order chi connectivity index (χ1) is 10.5. The van der Waals surface area contributed by atoms with Gasteiger partial charge in [-0.05, 0) is 43.4 Å². The number of hydrogen-bond donors (Lipinski definition) is 3. The van der Waals surface area contributed by atoms with E-state index in [1.807, 2.05) is 0 Å². The standard InChI is InChI=1S/C17H32N4O.HI/c1-13(2)11-17(7-4-8-17)12-21-16(18-3)20-10-9-19-15(22)14-5-6-14;/h13-14H,4-12H2,1-3H3,(H,19,22)(H2,18,20,21);1H. The molecule has 1 amide bonds. The molecule has 0 unspecified atom stereocenters. The molecule has 2 aliphatic rings. The second-order valence-corrected chi connectivity index (χ2v) is 7.37. The third-order valence-corrected chi connectivity index (χ3v) is 4.77. The van der Waals surface area contributed by atoms with Gasteiger partial charge in [0.25, 0.3) is 0 Å². The fraction of sp³-hybridized carbons (Fsp3) is 0.882. The zero-order chi connectivity index (χ0) is 16.0. The summed E-state index contributed by atoms with van der Waals surface area (Å²) in [4.78, 5) is 15.8. The molecule has 0 aromatic rings. The van der Waals surface area contributed by atoms with Gasteiger partial charge in [-0.25, -0.2) is 0 Å². The van der Waals surface area contributed by atoms with Gasteiger partial charge in [-0.1, -0.05) is 20.3 Å². The molecule has 0 saturated heterocycles. The van der Waals surface area contributed by atoms with Crippen LogP contribution in [-0.4, -0.2) is 38.5 Å². The van der Waals surface area contributed by atoms with Crippen LogP contribution in [0.2, 0.25) is 0 Å². The molecule has 0 radical (unpaired) electrons. The summed E-state index contributed by atoms with van der Waals surface area (Å²) in [6.07, 6.45) is 7.40. The second-order valence-electron chi connectivity index (χ2n) is 7.37. The molecule has 0 aromatic carbocycles. The van der Waals surface area contributed by atoms with Gasteiger partial charge in [-0.2, -0.15) is 0 Å². The van der Waals surface area contributed by atoms with Gasteiger partial charge in [0.2, 0.25) is 5.91 Å². The number of halogens is 1. The van der Waals surface area contributed by atoms with Crippen LogP contribution in [0.1, 0.15) is 52.4 Å². The molecule has 2 rings (SSSR count). The Morgan fingerprint density at radius 1 is 1.17 bits per heavy atom. The molecule has 0 atom stereocenters. The average molecular weight is 436 g/mol. The summed E-state index contributed by atoms with van der Waals surface area (Å²) in [5, 5.41) is 9.71. The van der Waals surface area contributed by atoms with E-state index in [9.17, 15) is 4.79 Å². The van der Waals surface area contributed by atoms with Crippen LogP contribution in [0.5, 0.6) is 0 Å². The molecule has 0 bridgehead atoms. The van der Waals surface area contributed by atoms with Crippen LogP contribution in [0.3, 0.4) is 0 Å². The summed E-state index contributed by atoms with van der Waals surface area (Å²) in [6.45, 7) is 6.98. The molecule has 6 heteroatoms. The van der Waals surface area contributed by atoms with Crippen LogP contribution in [0.4, 0.5) is 0 Å². The highest BCUT2D eigenvalue weighted by molar-refractivity contribution is 14.0.